The van der Waals surface area contributed by atoms with E-state index in [1.165, 1.54) is 0 Å². The van der Waals surface area contributed by atoms with Crippen LogP contribution in [0.3, 0.4) is 0 Å². The van der Waals surface area contributed by atoms with Crippen molar-refractivity contribution >= 4 is 23.6 Å². The van der Waals surface area contributed by atoms with Crippen LogP contribution in [0.15, 0.2) is 48.5 Å². The number of nitrogens with one attached hydrogen (secondary N) is 1. The van der Waals surface area contributed by atoms with E-state index in [2.05, 4.69) is 15.3 Å². The van der Waals surface area contributed by atoms with Crippen molar-refractivity contribution in [2.45, 2.75) is 40.7 Å². The van der Waals surface area contributed by atoms with Gasteiger partial charge in [0.05, 0.1) is 12.3 Å². The van der Waals surface area contributed by atoms with Crippen molar-refractivity contribution in [2.75, 3.05) is 31.6 Å². The lowest BCUT2D eigenvalue weighted by molar-refractivity contribution is 0.0505. The summed E-state index contributed by atoms with van der Waals surface area (Å²) in [5, 5.41) is 3.03. The molecule has 38 heavy (non-hydrogen) atoms. The van der Waals surface area contributed by atoms with E-state index in [4.69, 9.17) is 4.74 Å². The van der Waals surface area contributed by atoms with Gasteiger partial charge in [-0.05, 0) is 45.7 Å². The van der Waals surface area contributed by atoms with Gasteiger partial charge in [0, 0.05) is 36.9 Å². The number of benzene rings is 2. The summed E-state index contributed by atoms with van der Waals surface area (Å²) in [7, 11) is 0. The molecule has 3 amide bonds. The molecular weight excluding hydrogens is 482 g/mol. The number of hydrogen-bond acceptors (Lipinski definition) is 6. The highest BCUT2D eigenvalue weighted by atomic mass is 16.5. The van der Waals surface area contributed by atoms with Crippen molar-refractivity contribution < 1.29 is 19.1 Å². The molecule has 0 saturated carbocycles. The number of rotatable bonds is 5. The SMILES string of the molecule is CCOC(=O)c1c(C(=O)N2CCN(C(=O)Nc3c(C)cccc3C)C(C)C2)nc(C)nc1-c1ccccc1. The highest BCUT2D eigenvalue weighted by Gasteiger charge is 2.34. The molecule has 1 aromatic heterocycles. The lowest BCUT2D eigenvalue weighted by Crippen LogP contribution is -2.56. The van der Waals surface area contributed by atoms with Crippen LogP contribution in [0.1, 0.15) is 51.6 Å². The molecule has 0 aliphatic carbocycles. The van der Waals surface area contributed by atoms with Gasteiger partial charge < -0.3 is 19.9 Å². The molecule has 3 aromatic rings. The number of carbonyl (C=O) groups excluding carboxylic acids is 3. The molecule has 1 aliphatic heterocycles. The first-order valence-corrected chi connectivity index (χ1v) is 12.8. The van der Waals surface area contributed by atoms with Crippen LogP contribution in [0.2, 0.25) is 0 Å². The minimum Gasteiger partial charge on any atom is -0.462 e. The summed E-state index contributed by atoms with van der Waals surface area (Å²) in [6.07, 6.45) is 0. The average Bonchev–Trinajstić information content (AvgIpc) is 2.90. The number of aromatic nitrogens is 2. The minimum atomic E-state index is -0.644. The Bertz CT molecular complexity index is 1340. The standard InChI is InChI=1S/C29H33N5O4/c1-6-38-28(36)23-25(22-13-8-7-9-14-22)30-21(5)31-26(23)27(35)33-15-16-34(20(4)17-33)29(37)32-24-18(2)11-10-12-19(24)3/h7-14,20H,6,15-17H2,1-5H3,(H,32,37). The summed E-state index contributed by atoms with van der Waals surface area (Å²) in [6.45, 7) is 10.3. The Morgan fingerprint density at radius 1 is 0.974 bits per heavy atom. The number of ether oxygens (including phenoxy) is 1. The maximum absolute atomic E-state index is 13.8. The normalized spacial score (nSPS) is 15.2. The largest absolute Gasteiger partial charge is 0.462 e. The maximum Gasteiger partial charge on any atom is 0.342 e. The van der Waals surface area contributed by atoms with Gasteiger partial charge in [-0.25, -0.2) is 19.6 Å². The first kappa shape index (κ1) is 26.8. The number of carbonyl (C=O) groups is 3. The second-order valence-corrected chi connectivity index (χ2v) is 9.42. The van der Waals surface area contributed by atoms with Crippen molar-refractivity contribution in [3.63, 3.8) is 0 Å². The number of para-hydroxylation sites is 1. The van der Waals surface area contributed by atoms with E-state index in [-0.39, 0.29) is 29.9 Å². The number of anilines is 1. The number of nitrogens with zero attached hydrogens (tertiary/aromatic N) is 4. The Hall–Kier alpha value is -4.27. The Labute approximate surface area is 222 Å². The molecule has 1 saturated heterocycles. The Kier molecular flexibility index (Phi) is 8.05. The van der Waals surface area contributed by atoms with Crippen LogP contribution in [0, 0.1) is 20.8 Å². The first-order chi connectivity index (χ1) is 18.2. The molecule has 0 spiro atoms. The van der Waals surface area contributed by atoms with Crippen LogP contribution in [-0.4, -0.2) is 70.0 Å². The predicted molar refractivity (Wildman–Crippen MR) is 145 cm³/mol. The summed E-state index contributed by atoms with van der Waals surface area (Å²) in [5.41, 5.74) is 3.88. The van der Waals surface area contributed by atoms with Crippen molar-refractivity contribution in [2.24, 2.45) is 0 Å². The van der Waals surface area contributed by atoms with Crippen molar-refractivity contribution in [1.82, 2.24) is 19.8 Å². The topological polar surface area (TPSA) is 105 Å². The Balaban J connectivity index is 1.59. The minimum absolute atomic E-state index is 0.00967. The molecule has 0 bridgehead atoms. The average molecular weight is 516 g/mol. The van der Waals surface area contributed by atoms with Crippen LogP contribution in [0.5, 0.6) is 0 Å². The second-order valence-electron chi connectivity index (χ2n) is 9.42. The van der Waals surface area contributed by atoms with Gasteiger partial charge in [0.15, 0.2) is 0 Å². The highest BCUT2D eigenvalue weighted by molar-refractivity contribution is 6.07. The zero-order valence-electron chi connectivity index (χ0n) is 22.4. The fraction of sp³-hybridized carbons (Fsp3) is 0.345. The number of hydrogen-bond donors (Lipinski definition) is 1. The molecule has 1 fully saturated rings. The van der Waals surface area contributed by atoms with Crippen molar-refractivity contribution in [1.29, 1.82) is 0 Å². The van der Waals surface area contributed by atoms with Crippen LogP contribution >= 0.6 is 0 Å². The number of amides is 3. The van der Waals surface area contributed by atoms with Gasteiger partial charge in [-0.1, -0.05) is 48.5 Å². The summed E-state index contributed by atoms with van der Waals surface area (Å²) in [4.78, 5) is 52.2. The third kappa shape index (κ3) is 5.51. The lowest BCUT2D eigenvalue weighted by atomic mass is 10.0. The molecule has 198 valence electrons. The zero-order chi connectivity index (χ0) is 27.4. The maximum atomic E-state index is 13.8. The van der Waals surface area contributed by atoms with E-state index in [1.54, 1.807) is 23.6 Å². The van der Waals surface area contributed by atoms with Gasteiger partial charge in [0.2, 0.25) is 0 Å². The van der Waals surface area contributed by atoms with E-state index in [1.807, 2.05) is 69.3 Å². The summed E-state index contributed by atoms with van der Waals surface area (Å²) >= 11 is 0. The fourth-order valence-corrected chi connectivity index (χ4v) is 4.71. The quantitative estimate of drug-likeness (QED) is 0.497. The molecule has 4 rings (SSSR count). The monoisotopic (exact) mass is 515 g/mol. The third-order valence-electron chi connectivity index (χ3n) is 6.64. The van der Waals surface area contributed by atoms with Gasteiger partial charge in [-0.2, -0.15) is 0 Å². The van der Waals surface area contributed by atoms with Gasteiger partial charge >= 0.3 is 12.0 Å². The molecule has 1 aliphatic rings. The molecule has 2 heterocycles. The summed E-state index contributed by atoms with van der Waals surface area (Å²) in [5.74, 6) is -0.660. The van der Waals surface area contributed by atoms with Gasteiger partial charge in [-0.3, -0.25) is 4.79 Å². The number of aryl methyl sites for hydroxylation is 3. The highest BCUT2D eigenvalue weighted by Crippen LogP contribution is 2.27. The van der Waals surface area contributed by atoms with Crippen molar-refractivity contribution in [3.8, 4) is 11.3 Å². The fourth-order valence-electron chi connectivity index (χ4n) is 4.71. The molecule has 9 heteroatoms. The summed E-state index contributed by atoms with van der Waals surface area (Å²) in [6, 6.07) is 14.6. The predicted octanol–water partition coefficient (Wildman–Crippen LogP) is 4.62. The van der Waals surface area contributed by atoms with E-state index in [0.717, 1.165) is 16.8 Å². The Morgan fingerprint density at radius 2 is 1.66 bits per heavy atom. The number of esters is 1. The van der Waals surface area contributed by atoms with Crippen LogP contribution in [0.25, 0.3) is 11.3 Å². The molecule has 1 atom stereocenters. The number of piperazine rings is 1. The lowest BCUT2D eigenvalue weighted by Gasteiger charge is -2.40. The first-order valence-electron chi connectivity index (χ1n) is 12.8. The molecular formula is C29H33N5O4. The molecule has 2 aromatic carbocycles. The van der Waals surface area contributed by atoms with Gasteiger partial charge in [0.1, 0.15) is 17.1 Å². The Morgan fingerprint density at radius 3 is 2.29 bits per heavy atom. The second kappa shape index (κ2) is 11.4. The number of urea groups is 1. The molecule has 0 radical (unpaired) electrons. The van der Waals surface area contributed by atoms with E-state index in [0.29, 0.717) is 36.7 Å². The zero-order valence-corrected chi connectivity index (χ0v) is 22.4. The van der Waals surface area contributed by atoms with E-state index >= 15 is 0 Å². The van der Waals surface area contributed by atoms with Crippen LogP contribution in [0.4, 0.5) is 10.5 Å². The van der Waals surface area contributed by atoms with Gasteiger partial charge in [-0.15, -0.1) is 0 Å². The van der Waals surface area contributed by atoms with E-state index < -0.39 is 11.9 Å². The van der Waals surface area contributed by atoms with Crippen molar-refractivity contribution in [3.05, 3.63) is 76.7 Å². The molecule has 1 N–H and O–H groups in total. The molecule has 9 nitrogen and oxygen atoms in total. The summed E-state index contributed by atoms with van der Waals surface area (Å²) < 4.78 is 5.30. The van der Waals surface area contributed by atoms with Crippen LogP contribution in [-0.2, 0) is 4.74 Å². The van der Waals surface area contributed by atoms with Crippen LogP contribution < -0.4 is 5.32 Å². The molecule has 1 unspecified atom stereocenters. The smallest absolute Gasteiger partial charge is 0.342 e. The van der Waals surface area contributed by atoms with E-state index in [9.17, 15) is 14.4 Å². The van der Waals surface area contributed by atoms with Gasteiger partial charge in [0.25, 0.3) is 5.91 Å². The third-order valence-corrected chi connectivity index (χ3v) is 6.64.